The molecule has 0 saturated heterocycles. The second-order valence-electron chi connectivity index (χ2n) is 4.36. The maximum atomic E-state index is 12.2. The third-order valence-corrected chi connectivity index (χ3v) is 4.60. The molecule has 8 heteroatoms. The smallest absolute Gasteiger partial charge is 0.251 e. The quantitative estimate of drug-likeness (QED) is 0.767. The first kappa shape index (κ1) is 16.9. The number of sulfone groups is 1. The van der Waals surface area contributed by atoms with E-state index in [1.165, 1.54) is 24.1 Å². The summed E-state index contributed by atoms with van der Waals surface area (Å²) in [7, 11) is -2.10. The standard InChI is InChI=1S/C12H16F2N2O2S2/c1-16(8-11(13)14)5-6-20(17,18)10-4-2-3-9(7-10)12(15)19/h2-4,7,11H,5-6,8H2,1H3,(H2,15,19). The average molecular weight is 322 g/mol. The third kappa shape index (κ3) is 5.10. The largest absolute Gasteiger partial charge is 0.389 e. The monoisotopic (exact) mass is 322 g/mol. The molecule has 0 aliphatic rings. The van der Waals surface area contributed by atoms with Crippen LogP contribution in [0.25, 0.3) is 0 Å². The maximum absolute atomic E-state index is 12.2. The van der Waals surface area contributed by atoms with Crippen LogP contribution in [0.1, 0.15) is 5.56 Å². The highest BCUT2D eigenvalue weighted by Gasteiger charge is 2.17. The van der Waals surface area contributed by atoms with Gasteiger partial charge in [0.1, 0.15) is 4.99 Å². The zero-order chi connectivity index (χ0) is 15.3. The topological polar surface area (TPSA) is 63.4 Å². The van der Waals surface area contributed by atoms with Gasteiger partial charge in [-0.05, 0) is 19.2 Å². The molecular weight excluding hydrogens is 306 g/mol. The van der Waals surface area contributed by atoms with Crippen molar-refractivity contribution in [3.8, 4) is 0 Å². The van der Waals surface area contributed by atoms with Crippen molar-refractivity contribution in [2.45, 2.75) is 11.3 Å². The van der Waals surface area contributed by atoms with Crippen LogP contribution in [0, 0.1) is 0 Å². The Morgan fingerprint density at radius 3 is 2.65 bits per heavy atom. The Hall–Kier alpha value is -1.12. The van der Waals surface area contributed by atoms with Gasteiger partial charge in [-0.3, -0.25) is 4.90 Å². The minimum Gasteiger partial charge on any atom is -0.389 e. The first-order valence-corrected chi connectivity index (χ1v) is 7.88. The zero-order valence-corrected chi connectivity index (χ0v) is 12.6. The molecule has 0 atom stereocenters. The summed E-state index contributed by atoms with van der Waals surface area (Å²) >= 11 is 4.79. The molecule has 0 bridgehead atoms. The van der Waals surface area contributed by atoms with E-state index in [9.17, 15) is 17.2 Å². The Balaban J connectivity index is 2.79. The van der Waals surface area contributed by atoms with E-state index in [4.69, 9.17) is 18.0 Å². The molecule has 0 aliphatic carbocycles. The minimum absolute atomic E-state index is 0.0317. The number of halogens is 2. The Kier molecular flexibility index (Phi) is 5.97. The van der Waals surface area contributed by atoms with Crippen LogP contribution in [-0.2, 0) is 9.84 Å². The number of hydrogen-bond donors (Lipinski definition) is 1. The Morgan fingerprint density at radius 1 is 1.45 bits per heavy atom. The SMILES string of the molecule is CN(CCS(=O)(=O)c1cccc(C(N)=S)c1)CC(F)F. The summed E-state index contributed by atoms with van der Waals surface area (Å²) in [5.41, 5.74) is 5.91. The molecule has 112 valence electrons. The molecule has 0 saturated carbocycles. The fraction of sp³-hybridized carbons (Fsp3) is 0.417. The fourth-order valence-electron chi connectivity index (χ4n) is 1.56. The van der Waals surface area contributed by atoms with Crippen molar-refractivity contribution >= 4 is 27.0 Å². The predicted octanol–water partition coefficient (Wildman–Crippen LogP) is 1.29. The second kappa shape index (κ2) is 7.05. The van der Waals surface area contributed by atoms with Crippen LogP contribution in [0.3, 0.4) is 0 Å². The lowest BCUT2D eigenvalue weighted by Gasteiger charge is -2.15. The second-order valence-corrected chi connectivity index (χ2v) is 6.91. The fourth-order valence-corrected chi connectivity index (χ4v) is 3.07. The molecule has 20 heavy (non-hydrogen) atoms. The summed E-state index contributed by atoms with van der Waals surface area (Å²) in [6.07, 6.45) is -2.49. The summed E-state index contributed by atoms with van der Waals surface area (Å²) in [6.45, 7) is -0.424. The van der Waals surface area contributed by atoms with Crippen molar-refractivity contribution in [2.24, 2.45) is 5.73 Å². The molecule has 0 radical (unpaired) electrons. The van der Waals surface area contributed by atoms with Crippen molar-refractivity contribution < 1.29 is 17.2 Å². The van der Waals surface area contributed by atoms with Crippen LogP contribution in [0.5, 0.6) is 0 Å². The van der Waals surface area contributed by atoms with E-state index in [1.54, 1.807) is 12.1 Å². The van der Waals surface area contributed by atoms with Crippen LogP contribution >= 0.6 is 12.2 Å². The third-order valence-electron chi connectivity index (χ3n) is 2.67. The van der Waals surface area contributed by atoms with Gasteiger partial charge in [0.05, 0.1) is 17.2 Å². The number of nitrogens with zero attached hydrogens (tertiary/aromatic N) is 1. The first-order valence-electron chi connectivity index (χ1n) is 5.81. The summed E-state index contributed by atoms with van der Waals surface area (Å²) in [5, 5.41) is 0. The number of hydrogen-bond acceptors (Lipinski definition) is 4. The van der Waals surface area contributed by atoms with Crippen LogP contribution in [0.15, 0.2) is 29.2 Å². The number of alkyl halides is 2. The van der Waals surface area contributed by atoms with Crippen LogP contribution in [0.2, 0.25) is 0 Å². The van der Waals surface area contributed by atoms with E-state index >= 15 is 0 Å². The van der Waals surface area contributed by atoms with Gasteiger partial charge in [0.25, 0.3) is 6.43 Å². The highest BCUT2D eigenvalue weighted by Crippen LogP contribution is 2.13. The van der Waals surface area contributed by atoms with E-state index in [2.05, 4.69) is 0 Å². The normalized spacial score (nSPS) is 12.1. The molecule has 2 N–H and O–H groups in total. The lowest BCUT2D eigenvalue weighted by molar-refractivity contribution is 0.103. The van der Waals surface area contributed by atoms with Crippen molar-refractivity contribution in [1.82, 2.24) is 4.90 Å². The van der Waals surface area contributed by atoms with Crippen LogP contribution < -0.4 is 5.73 Å². The summed E-state index contributed by atoms with van der Waals surface area (Å²) in [4.78, 5) is 1.48. The number of rotatable bonds is 7. The molecule has 1 aromatic rings. The van der Waals surface area contributed by atoms with E-state index in [-0.39, 0.29) is 22.2 Å². The van der Waals surface area contributed by atoms with Crippen LogP contribution in [-0.4, -0.2) is 50.6 Å². The number of thiocarbonyl (C=S) groups is 1. The first-order chi connectivity index (χ1) is 9.22. The van der Waals surface area contributed by atoms with Gasteiger partial charge in [-0.2, -0.15) is 0 Å². The summed E-state index contributed by atoms with van der Waals surface area (Å²) < 4.78 is 48.5. The van der Waals surface area contributed by atoms with Gasteiger partial charge >= 0.3 is 0 Å². The highest BCUT2D eigenvalue weighted by atomic mass is 32.2. The van der Waals surface area contributed by atoms with Gasteiger partial charge in [0.15, 0.2) is 9.84 Å². The number of benzene rings is 1. The van der Waals surface area contributed by atoms with Crippen molar-refractivity contribution in [1.29, 1.82) is 0 Å². The van der Waals surface area contributed by atoms with Gasteiger partial charge in [0.2, 0.25) is 0 Å². The molecule has 0 amide bonds. The summed E-state index contributed by atoms with van der Waals surface area (Å²) in [6, 6.07) is 5.99. The molecule has 0 aromatic heterocycles. The molecule has 0 fully saturated rings. The Bertz CT molecular complexity index is 577. The number of nitrogens with two attached hydrogens (primary N) is 1. The molecular formula is C12H16F2N2O2S2. The van der Waals surface area contributed by atoms with Crippen molar-refractivity contribution in [3.63, 3.8) is 0 Å². The molecule has 4 nitrogen and oxygen atoms in total. The lowest BCUT2D eigenvalue weighted by atomic mass is 10.2. The van der Waals surface area contributed by atoms with E-state index in [0.29, 0.717) is 5.56 Å². The molecule has 0 spiro atoms. The predicted molar refractivity (Wildman–Crippen MR) is 77.9 cm³/mol. The zero-order valence-electron chi connectivity index (χ0n) is 10.9. The van der Waals surface area contributed by atoms with E-state index in [1.807, 2.05) is 0 Å². The molecule has 0 heterocycles. The molecule has 1 rings (SSSR count). The molecule has 1 aromatic carbocycles. The van der Waals surface area contributed by atoms with Gasteiger partial charge in [-0.15, -0.1) is 0 Å². The van der Waals surface area contributed by atoms with Gasteiger partial charge in [-0.25, -0.2) is 17.2 Å². The lowest BCUT2D eigenvalue weighted by Crippen LogP contribution is -2.30. The van der Waals surface area contributed by atoms with Crippen molar-refractivity contribution in [3.05, 3.63) is 29.8 Å². The van der Waals surface area contributed by atoms with E-state index in [0.717, 1.165) is 0 Å². The highest BCUT2D eigenvalue weighted by molar-refractivity contribution is 7.91. The maximum Gasteiger partial charge on any atom is 0.251 e. The van der Waals surface area contributed by atoms with Crippen LogP contribution in [0.4, 0.5) is 8.78 Å². The average Bonchev–Trinajstić information content (AvgIpc) is 2.36. The van der Waals surface area contributed by atoms with E-state index < -0.39 is 22.8 Å². The van der Waals surface area contributed by atoms with Crippen molar-refractivity contribution in [2.75, 3.05) is 25.9 Å². The Labute approximate surface area is 122 Å². The van der Waals surface area contributed by atoms with Gasteiger partial charge in [0, 0.05) is 12.1 Å². The van der Waals surface area contributed by atoms with Gasteiger partial charge < -0.3 is 5.73 Å². The Morgan fingerprint density at radius 2 is 2.10 bits per heavy atom. The molecule has 0 unspecified atom stereocenters. The molecule has 0 aliphatic heterocycles. The minimum atomic E-state index is -3.55. The van der Waals surface area contributed by atoms with Gasteiger partial charge in [-0.1, -0.05) is 24.4 Å². The summed E-state index contributed by atoms with van der Waals surface area (Å²) in [5.74, 6) is -0.239.